The highest BCUT2D eigenvalue weighted by atomic mass is 19.1. The number of nitrogens with zero attached hydrogens (tertiary/aromatic N) is 4. The third kappa shape index (κ3) is 4.01. The molecule has 0 bridgehead atoms. The number of carbonyl (C=O) groups excluding carboxylic acids is 1. The first kappa shape index (κ1) is 19.5. The zero-order valence-electron chi connectivity index (χ0n) is 15.8. The SMILES string of the molecule is C=C(F)/C=C1\C(=C/C)n2nccc2C(O)N1CCC(=O)Nc1ccc(C)cn1. The van der Waals surface area contributed by atoms with E-state index in [1.54, 1.807) is 47.1 Å². The van der Waals surface area contributed by atoms with Crippen LogP contribution >= 0.6 is 0 Å². The minimum atomic E-state index is -1.07. The molecule has 0 spiro atoms. The molecule has 2 aromatic heterocycles. The number of carbonyl (C=O) groups is 1. The standard InChI is InChI=1S/C20H22FN5O2/c1-4-15-17(11-14(3)21)25(20(28)16-7-9-23-26(15)16)10-8-19(27)24-18-6-5-13(2)12-22-18/h4-7,9,11-12,20,28H,3,8,10H2,1-2H3,(H,22,24,27)/b15-4+,17-11+. The third-order valence-corrected chi connectivity index (χ3v) is 4.36. The van der Waals surface area contributed by atoms with Gasteiger partial charge in [0, 0.05) is 25.4 Å². The Morgan fingerprint density at radius 3 is 2.82 bits per heavy atom. The zero-order chi connectivity index (χ0) is 20.3. The second-order valence-corrected chi connectivity index (χ2v) is 6.40. The Balaban J connectivity index is 1.79. The molecule has 3 heterocycles. The van der Waals surface area contributed by atoms with Gasteiger partial charge in [-0.05, 0) is 37.6 Å². The number of amides is 1. The number of aryl methyl sites for hydroxylation is 1. The van der Waals surface area contributed by atoms with Gasteiger partial charge in [-0.3, -0.25) is 4.79 Å². The van der Waals surface area contributed by atoms with Gasteiger partial charge >= 0.3 is 0 Å². The third-order valence-electron chi connectivity index (χ3n) is 4.36. The van der Waals surface area contributed by atoms with Gasteiger partial charge in [-0.25, -0.2) is 14.1 Å². The number of aromatic nitrogens is 3. The van der Waals surface area contributed by atoms with Crippen molar-refractivity contribution in [3.63, 3.8) is 0 Å². The summed E-state index contributed by atoms with van der Waals surface area (Å²) in [6.45, 7) is 7.15. The Bertz CT molecular complexity index is 946. The largest absolute Gasteiger partial charge is 0.368 e. The number of hydrogen-bond acceptors (Lipinski definition) is 5. The molecule has 28 heavy (non-hydrogen) atoms. The van der Waals surface area contributed by atoms with E-state index in [2.05, 4.69) is 22.0 Å². The summed E-state index contributed by atoms with van der Waals surface area (Å²) in [5, 5.41) is 17.6. The smallest absolute Gasteiger partial charge is 0.227 e. The van der Waals surface area contributed by atoms with Gasteiger partial charge in [0.2, 0.25) is 5.91 Å². The monoisotopic (exact) mass is 383 g/mol. The predicted molar refractivity (Wildman–Crippen MR) is 104 cm³/mol. The fraction of sp³-hybridized carbons (Fsp3) is 0.250. The molecule has 8 heteroatoms. The number of hydrogen-bond donors (Lipinski definition) is 2. The lowest BCUT2D eigenvalue weighted by Crippen LogP contribution is -2.37. The van der Waals surface area contributed by atoms with Crippen molar-refractivity contribution in [1.29, 1.82) is 0 Å². The molecule has 1 aliphatic heterocycles. The van der Waals surface area contributed by atoms with Crippen LogP contribution in [-0.4, -0.2) is 37.2 Å². The number of fused-ring (bicyclic) bond motifs is 1. The van der Waals surface area contributed by atoms with Crippen molar-refractivity contribution >= 4 is 17.4 Å². The van der Waals surface area contributed by atoms with Crippen LogP contribution in [0.5, 0.6) is 0 Å². The number of rotatable bonds is 5. The molecule has 2 N–H and O–H groups in total. The van der Waals surface area contributed by atoms with Crippen molar-refractivity contribution in [2.45, 2.75) is 26.5 Å². The summed E-state index contributed by atoms with van der Waals surface area (Å²) in [5.41, 5.74) is 2.53. The second kappa shape index (κ2) is 8.18. The maximum Gasteiger partial charge on any atom is 0.227 e. The van der Waals surface area contributed by atoms with E-state index in [1.807, 2.05) is 13.0 Å². The average molecular weight is 383 g/mol. The van der Waals surface area contributed by atoms with Crippen molar-refractivity contribution in [2.75, 3.05) is 11.9 Å². The Hall–Kier alpha value is -3.26. The van der Waals surface area contributed by atoms with Crippen molar-refractivity contribution in [3.05, 3.63) is 72.1 Å². The first-order valence-electron chi connectivity index (χ1n) is 8.85. The predicted octanol–water partition coefficient (Wildman–Crippen LogP) is 3.15. The number of nitrogens with one attached hydrogen (secondary N) is 1. The number of allylic oxidation sites excluding steroid dienone is 4. The fourth-order valence-electron chi connectivity index (χ4n) is 3.04. The van der Waals surface area contributed by atoms with Crippen LogP contribution in [0.15, 0.2) is 60.8 Å². The molecule has 1 atom stereocenters. The van der Waals surface area contributed by atoms with E-state index < -0.39 is 12.1 Å². The molecule has 1 aliphatic rings. The Morgan fingerprint density at radius 1 is 1.39 bits per heavy atom. The lowest BCUT2D eigenvalue weighted by atomic mass is 10.1. The van der Waals surface area contributed by atoms with Crippen molar-refractivity contribution in [3.8, 4) is 0 Å². The topological polar surface area (TPSA) is 83.3 Å². The van der Waals surface area contributed by atoms with Gasteiger partial charge in [0.05, 0.1) is 17.1 Å². The molecular weight excluding hydrogens is 361 g/mol. The van der Waals surface area contributed by atoms with Gasteiger partial charge in [0.1, 0.15) is 11.6 Å². The molecule has 0 radical (unpaired) electrons. The van der Waals surface area contributed by atoms with Crippen molar-refractivity contribution < 1.29 is 14.3 Å². The summed E-state index contributed by atoms with van der Waals surface area (Å²) in [7, 11) is 0. The molecule has 0 aliphatic carbocycles. The molecule has 0 saturated carbocycles. The Morgan fingerprint density at radius 2 is 2.18 bits per heavy atom. The van der Waals surface area contributed by atoms with Gasteiger partial charge in [0.15, 0.2) is 6.23 Å². The van der Waals surface area contributed by atoms with Crippen LogP contribution < -0.4 is 5.32 Å². The molecule has 0 aromatic carbocycles. The number of pyridine rings is 1. The molecule has 7 nitrogen and oxygen atoms in total. The number of halogens is 1. The molecule has 0 saturated heterocycles. The van der Waals surface area contributed by atoms with E-state index in [-0.39, 0.29) is 18.9 Å². The normalized spacial score (nSPS) is 19.0. The highest BCUT2D eigenvalue weighted by molar-refractivity contribution is 5.89. The van der Waals surface area contributed by atoms with Crippen LogP contribution in [0, 0.1) is 6.92 Å². The Kier molecular flexibility index (Phi) is 5.70. The van der Waals surface area contributed by atoms with Crippen LogP contribution in [0.2, 0.25) is 0 Å². The van der Waals surface area contributed by atoms with Crippen LogP contribution in [0.1, 0.15) is 30.8 Å². The van der Waals surface area contributed by atoms with Gasteiger partial charge in [-0.2, -0.15) is 5.10 Å². The van der Waals surface area contributed by atoms with E-state index in [0.717, 1.165) is 5.56 Å². The maximum atomic E-state index is 13.6. The molecule has 1 amide bonds. The molecular formula is C20H22FN5O2. The minimum Gasteiger partial charge on any atom is -0.368 e. The lowest BCUT2D eigenvalue weighted by molar-refractivity contribution is -0.117. The van der Waals surface area contributed by atoms with Gasteiger partial charge in [-0.15, -0.1) is 0 Å². The molecule has 3 rings (SSSR count). The summed E-state index contributed by atoms with van der Waals surface area (Å²) < 4.78 is 15.1. The van der Waals surface area contributed by atoms with Gasteiger partial charge in [0.25, 0.3) is 0 Å². The number of aliphatic hydroxyl groups excluding tert-OH is 1. The highest BCUT2D eigenvalue weighted by Crippen LogP contribution is 2.36. The first-order valence-corrected chi connectivity index (χ1v) is 8.85. The second-order valence-electron chi connectivity index (χ2n) is 6.40. The van der Waals surface area contributed by atoms with Crippen LogP contribution in [0.3, 0.4) is 0 Å². The highest BCUT2D eigenvalue weighted by Gasteiger charge is 2.32. The van der Waals surface area contributed by atoms with Crippen molar-refractivity contribution in [1.82, 2.24) is 19.7 Å². The van der Waals surface area contributed by atoms with E-state index in [4.69, 9.17) is 0 Å². The van der Waals surface area contributed by atoms with E-state index >= 15 is 0 Å². The zero-order valence-corrected chi connectivity index (χ0v) is 15.8. The van der Waals surface area contributed by atoms with E-state index in [9.17, 15) is 14.3 Å². The fourth-order valence-corrected chi connectivity index (χ4v) is 3.04. The summed E-state index contributed by atoms with van der Waals surface area (Å²) in [6, 6.07) is 5.25. The molecule has 2 aromatic rings. The van der Waals surface area contributed by atoms with Gasteiger partial charge in [-0.1, -0.05) is 18.7 Å². The van der Waals surface area contributed by atoms with Gasteiger partial charge < -0.3 is 15.3 Å². The first-order chi connectivity index (χ1) is 13.4. The lowest BCUT2D eigenvalue weighted by Gasteiger charge is -2.37. The van der Waals surface area contributed by atoms with E-state index in [1.165, 1.54) is 6.08 Å². The molecule has 0 fully saturated rings. The maximum absolute atomic E-state index is 13.6. The molecule has 1 unspecified atom stereocenters. The Labute approximate surface area is 162 Å². The summed E-state index contributed by atoms with van der Waals surface area (Å²) >= 11 is 0. The van der Waals surface area contributed by atoms with Crippen LogP contribution in [0.25, 0.3) is 5.70 Å². The van der Waals surface area contributed by atoms with E-state index in [0.29, 0.717) is 22.9 Å². The summed E-state index contributed by atoms with van der Waals surface area (Å²) in [6.07, 6.45) is 5.22. The summed E-state index contributed by atoms with van der Waals surface area (Å²) in [5.74, 6) is -0.464. The number of aliphatic hydroxyl groups is 1. The average Bonchev–Trinajstić information content (AvgIpc) is 3.13. The minimum absolute atomic E-state index is 0.0772. The number of anilines is 1. The molecule has 146 valence electrons. The summed E-state index contributed by atoms with van der Waals surface area (Å²) in [4.78, 5) is 18.0. The van der Waals surface area contributed by atoms with Crippen molar-refractivity contribution in [2.24, 2.45) is 0 Å². The van der Waals surface area contributed by atoms with Crippen LogP contribution in [0.4, 0.5) is 10.2 Å². The van der Waals surface area contributed by atoms with Crippen LogP contribution in [-0.2, 0) is 4.79 Å². The quantitative estimate of drug-likeness (QED) is 0.829.